The number of para-hydroxylation sites is 1. The van der Waals surface area contributed by atoms with E-state index in [2.05, 4.69) is 18.8 Å². The molecular formula is C26H22ClNO3. The molecule has 0 radical (unpaired) electrons. The minimum atomic E-state index is -0.483. The Morgan fingerprint density at radius 1 is 1.00 bits per heavy atom. The van der Waals surface area contributed by atoms with Crippen molar-refractivity contribution in [2.24, 2.45) is 4.99 Å². The molecule has 3 aromatic rings. The first-order valence-corrected chi connectivity index (χ1v) is 10.5. The lowest BCUT2D eigenvalue weighted by molar-refractivity contribution is -0.129. The van der Waals surface area contributed by atoms with E-state index in [4.69, 9.17) is 21.1 Å². The molecule has 1 aliphatic rings. The van der Waals surface area contributed by atoms with Gasteiger partial charge in [0, 0.05) is 21.7 Å². The van der Waals surface area contributed by atoms with Crippen molar-refractivity contribution in [3.63, 3.8) is 0 Å². The van der Waals surface area contributed by atoms with Crippen LogP contribution < -0.4 is 4.74 Å². The van der Waals surface area contributed by atoms with E-state index in [1.807, 2.05) is 72.8 Å². The van der Waals surface area contributed by atoms with Crippen LogP contribution in [0.1, 0.15) is 42.0 Å². The Morgan fingerprint density at radius 3 is 2.45 bits per heavy atom. The number of nitrogens with zero attached hydrogens (tertiary/aromatic N) is 1. The molecule has 0 bridgehead atoms. The molecule has 0 amide bonds. The lowest BCUT2D eigenvalue weighted by atomic mass is 10.0. The number of cyclic esters (lactones) is 1. The van der Waals surface area contributed by atoms with Gasteiger partial charge in [-0.1, -0.05) is 74.0 Å². The number of ether oxygens (including phenoxy) is 2. The van der Waals surface area contributed by atoms with E-state index in [1.54, 1.807) is 6.08 Å². The van der Waals surface area contributed by atoms with Gasteiger partial charge in [-0.15, -0.1) is 0 Å². The monoisotopic (exact) mass is 431 g/mol. The van der Waals surface area contributed by atoms with Gasteiger partial charge >= 0.3 is 5.97 Å². The number of esters is 1. The van der Waals surface area contributed by atoms with Gasteiger partial charge in [0.1, 0.15) is 12.4 Å². The van der Waals surface area contributed by atoms with Crippen molar-refractivity contribution in [2.45, 2.75) is 26.4 Å². The van der Waals surface area contributed by atoms with Gasteiger partial charge < -0.3 is 9.47 Å². The molecule has 5 heteroatoms. The van der Waals surface area contributed by atoms with Crippen molar-refractivity contribution >= 4 is 29.5 Å². The summed E-state index contributed by atoms with van der Waals surface area (Å²) in [6.07, 6.45) is 1.68. The zero-order valence-corrected chi connectivity index (χ0v) is 18.1. The molecule has 4 rings (SSSR count). The van der Waals surface area contributed by atoms with E-state index < -0.39 is 5.97 Å². The molecule has 4 nitrogen and oxygen atoms in total. The van der Waals surface area contributed by atoms with Crippen LogP contribution in [0.5, 0.6) is 5.75 Å². The number of carbonyl (C=O) groups excluding carboxylic acids is 1. The molecule has 0 N–H and O–H groups in total. The Bertz CT molecular complexity index is 1160. The minimum absolute atomic E-state index is 0.233. The molecule has 1 aliphatic heterocycles. The number of hydrogen-bond acceptors (Lipinski definition) is 4. The number of benzene rings is 3. The fraction of sp³-hybridized carbons (Fsp3) is 0.154. The van der Waals surface area contributed by atoms with Crippen LogP contribution in [0.25, 0.3) is 6.08 Å². The summed E-state index contributed by atoms with van der Waals surface area (Å²) in [7, 11) is 0. The highest BCUT2D eigenvalue weighted by Gasteiger charge is 2.24. The fourth-order valence-corrected chi connectivity index (χ4v) is 3.38. The Hall–Kier alpha value is -3.37. The first kappa shape index (κ1) is 20.9. The number of aliphatic imine (C=N–C) groups is 1. The summed E-state index contributed by atoms with van der Waals surface area (Å²) in [4.78, 5) is 16.8. The Labute approximate surface area is 186 Å². The molecule has 0 spiro atoms. The third kappa shape index (κ3) is 4.86. The standard InChI is InChI=1S/C26H22ClNO3/c1-17(2)18-11-13-19(14-12-18)25-28-23(26(29)31-25)15-20-7-4-6-10-24(20)30-16-21-8-3-5-9-22(21)27/h3-15,17H,16H2,1-2H3/b23-15-. The Kier molecular flexibility index (Phi) is 6.19. The summed E-state index contributed by atoms with van der Waals surface area (Å²) in [6, 6.07) is 22.9. The van der Waals surface area contributed by atoms with E-state index in [1.165, 1.54) is 5.56 Å². The van der Waals surface area contributed by atoms with Crippen LogP contribution in [-0.2, 0) is 16.1 Å². The predicted octanol–water partition coefficient (Wildman–Crippen LogP) is 6.39. The summed E-state index contributed by atoms with van der Waals surface area (Å²) in [5.41, 5.74) is 3.84. The maximum atomic E-state index is 12.4. The summed E-state index contributed by atoms with van der Waals surface area (Å²) in [5, 5.41) is 0.649. The minimum Gasteiger partial charge on any atom is -0.488 e. The number of hydrogen-bond donors (Lipinski definition) is 0. The van der Waals surface area contributed by atoms with Crippen LogP contribution in [0, 0.1) is 0 Å². The topological polar surface area (TPSA) is 47.9 Å². The first-order chi connectivity index (χ1) is 15.0. The molecule has 0 aliphatic carbocycles. The number of carbonyl (C=O) groups is 1. The maximum Gasteiger partial charge on any atom is 0.363 e. The zero-order valence-electron chi connectivity index (χ0n) is 17.3. The van der Waals surface area contributed by atoms with E-state index in [0.717, 1.165) is 16.7 Å². The highest BCUT2D eigenvalue weighted by Crippen LogP contribution is 2.27. The van der Waals surface area contributed by atoms with Crippen molar-refractivity contribution in [3.8, 4) is 5.75 Å². The highest BCUT2D eigenvalue weighted by molar-refractivity contribution is 6.31. The SMILES string of the molecule is CC(C)c1ccc(C2=N/C(=C\c3ccccc3OCc3ccccc3Cl)C(=O)O2)cc1. The maximum absolute atomic E-state index is 12.4. The predicted molar refractivity (Wildman–Crippen MR) is 123 cm³/mol. The molecule has 0 saturated heterocycles. The normalized spacial score (nSPS) is 14.6. The third-order valence-electron chi connectivity index (χ3n) is 5.00. The van der Waals surface area contributed by atoms with Crippen LogP contribution in [0.2, 0.25) is 5.02 Å². The second kappa shape index (κ2) is 9.19. The molecule has 0 unspecified atom stereocenters. The van der Waals surface area contributed by atoms with Crippen LogP contribution >= 0.6 is 11.6 Å². The van der Waals surface area contributed by atoms with Gasteiger partial charge in [-0.2, -0.15) is 0 Å². The average Bonchev–Trinajstić information content (AvgIpc) is 3.14. The molecule has 0 saturated carbocycles. The Morgan fingerprint density at radius 2 is 1.71 bits per heavy atom. The largest absolute Gasteiger partial charge is 0.488 e. The van der Waals surface area contributed by atoms with E-state index >= 15 is 0 Å². The van der Waals surface area contributed by atoms with Gasteiger partial charge in [0.05, 0.1) is 0 Å². The van der Waals surface area contributed by atoms with Crippen LogP contribution in [0.15, 0.2) is 83.5 Å². The first-order valence-electron chi connectivity index (χ1n) is 10.1. The second-order valence-corrected chi connectivity index (χ2v) is 7.94. The molecular weight excluding hydrogens is 410 g/mol. The van der Waals surface area contributed by atoms with Gasteiger partial charge in [0.2, 0.25) is 5.90 Å². The molecule has 1 heterocycles. The van der Waals surface area contributed by atoms with Gasteiger partial charge in [-0.25, -0.2) is 9.79 Å². The van der Waals surface area contributed by atoms with Crippen LogP contribution in [0.3, 0.4) is 0 Å². The number of halogens is 1. The molecule has 0 atom stereocenters. The van der Waals surface area contributed by atoms with Crippen molar-refractivity contribution in [2.75, 3.05) is 0 Å². The lowest BCUT2D eigenvalue weighted by Gasteiger charge is -2.10. The molecule has 156 valence electrons. The van der Waals surface area contributed by atoms with Gasteiger partial charge in [-0.3, -0.25) is 0 Å². The van der Waals surface area contributed by atoms with Crippen molar-refractivity contribution < 1.29 is 14.3 Å². The van der Waals surface area contributed by atoms with E-state index in [0.29, 0.717) is 29.2 Å². The molecule has 0 fully saturated rings. The number of rotatable bonds is 6. The quantitative estimate of drug-likeness (QED) is 0.335. The zero-order chi connectivity index (χ0) is 21.8. The lowest BCUT2D eigenvalue weighted by Crippen LogP contribution is -2.05. The molecule has 0 aromatic heterocycles. The van der Waals surface area contributed by atoms with Crippen LogP contribution in [0.4, 0.5) is 0 Å². The van der Waals surface area contributed by atoms with Crippen LogP contribution in [-0.4, -0.2) is 11.9 Å². The average molecular weight is 432 g/mol. The molecule has 3 aromatic carbocycles. The van der Waals surface area contributed by atoms with Gasteiger partial charge in [-0.05, 0) is 41.8 Å². The van der Waals surface area contributed by atoms with E-state index in [-0.39, 0.29) is 5.70 Å². The van der Waals surface area contributed by atoms with Crippen molar-refractivity contribution in [1.82, 2.24) is 0 Å². The smallest absolute Gasteiger partial charge is 0.363 e. The van der Waals surface area contributed by atoms with E-state index in [9.17, 15) is 4.79 Å². The highest BCUT2D eigenvalue weighted by atomic mass is 35.5. The summed E-state index contributed by atoms with van der Waals surface area (Å²) >= 11 is 6.22. The molecule has 31 heavy (non-hydrogen) atoms. The second-order valence-electron chi connectivity index (χ2n) is 7.53. The Balaban J connectivity index is 1.57. The van der Waals surface area contributed by atoms with Gasteiger partial charge in [0.25, 0.3) is 0 Å². The van der Waals surface area contributed by atoms with Crippen molar-refractivity contribution in [3.05, 3.63) is 106 Å². The summed E-state index contributed by atoms with van der Waals surface area (Å²) in [5.74, 6) is 0.886. The fourth-order valence-electron chi connectivity index (χ4n) is 3.19. The van der Waals surface area contributed by atoms with Crippen molar-refractivity contribution in [1.29, 1.82) is 0 Å². The summed E-state index contributed by atoms with van der Waals surface area (Å²) < 4.78 is 11.4. The third-order valence-corrected chi connectivity index (χ3v) is 5.37. The van der Waals surface area contributed by atoms with Gasteiger partial charge in [0.15, 0.2) is 5.70 Å². The summed E-state index contributed by atoms with van der Waals surface area (Å²) in [6.45, 7) is 4.59.